The van der Waals surface area contributed by atoms with E-state index >= 15 is 0 Å². The number of esters is 1. The third-order valence-corrected chi connectivity index (χ3v) is 9.21. The van der Waals surface area contributed by atoms with Gasteiger partial charge in [-0.1, -0.05) is 32.4 Å². The van der Waals surface area contributed by atoms with Crippen LogP contribution in [0.2, 0.25) is 0 Å². The molecule has 2 aliphatic carbocycles. The molecular weight excluding hydrogens is 395 g/mol. The number of hydrogen-bond donors (Lipinski definition) is 0. The molecule has 5 aliphatic rings. The quantitative estimate of drug-likeness (QED) is 0.545. The molecule has 0 aromatic heterocycles. The first-order valence-electron chi connectivity index (χ1n) is 12.0. The lowest BCUT2D eigenvalue weighted by atomic mass is 9.53. The van der Waals surface area contributed by atoms with Crippen LogP contribution in [0.5, 0.6) is 0 Å². The number of rotatable bonds is 3. The summed E-state index contributed by atoms with van der Waals surface area (Å²) >= 11 is 0. The molecule has 6 heteroatoms. The molecule has 1 spiro atoms. The van der Waals surface area contributed by atoms with Crippen LogP contribution in [0.3, 0.4) is 0 Å². The zero-order valence-electron chi connectivity index (χ0n) is 18.6. The third-order valence-electron chi connectivity index (χ3n) is 9.21. The Kier molecular flexibility index (Phi) is 4.46. The second-order valence-corrected chi connectivity index (χ2v) is 10.8. The van der Waals surface area contributed by atoms with Crippen molar-refractivity contribution in [2.45, 2.75) is 57.3 Å². The molecule has 168 valence electrons. The minimum absolute atomic E-state index is 0.00753. The maximum atomic E-state index is 14.2. The first kappa shape index (κ1) is 20.0. The van der Waals surface area contributed by atoms with Crippen molar-refractivity contribution < 1.29 is 18.7 Å². The van der Waals surface area contributed by atoms with Crippen molar-refractivity contribution in [2.24, 2.45) is 23.2 Å². The Hall–Kier alpha value is -1.66. The molecule has 0 amide bonds. The Labute approximate surface area is 183 Å². The SMILES string of the molecule is C[C@H]1CCC[C@]2(C)C[C@H]3OC(=O)[C@@H](CN4CCN(c5ccccc5F)CC4)[C@H]3[C@@H]3O[C@@]132. The van der Waals surface area contributed by atoms with Gasteiger partial charge in [-0.15, -0.1) is 0 Å². The Morgan fingerprint density at radius 2 is 1.97 bits per heavy atom. The lowest BCUT2D eigenvalue weighted by Crippen LogP contribution is -2.55. The van der Waals surface area contributed by atoms with Crippen LogP contribution in [0, 0.1) is 29.0 Å². The molecule has 1 aromatic rings. The fourth-order valence-electron chi connectivity index (χ4n) is 7.60. The summed E-state index contributed by atoms with van der Waals surface area (Å²) in [6.07, 6.45) is 4.77. The van der Waals surface area contributed by atoms with E-state index in [2.05, 4.69) is 23.6 Å². The number of carbonyl (C=O) groups excluding carboxylic acids is 1. The maximum absolute atomic E-state index is 14.2. The van der Waals surface area contributed by atoms with Gasteiger partial charge in [0.1, 0.15) is 17.5 Å². The number of piperazine rings is 1. The first-order chi connectivity index (χ1) is 14.9. The third kappa shape index (κ3) is 2.83. The van der Waals surface area contributed by atoms with Gasteiger partial charge in [-0.3, -0.25) is 9.69 Å². The van der Waals surface area contributed by atoms with Crippen molar-refractivity contribution >= 4 is 11.7 Å². The molecule has 3 heterocycles. The van der Waals surface area contributed by atoms with Crippen LogP contribution in [-0.4, -0.2) is 61.4 Å². The molecule has 7 atom stereocenters. The number of ether oxygens (including phenoxy) is 2. The van der Waals surface area contributed by atoms with Gasteiger partial charge in [0.2, 0.25) is 0 Å². The number of nitrogens with zero attached hydrogens (tertiary/aromatic N) is 2. The number of hydrogen-bond acceptors (Lipinski definition) is 5. The predicted molar refractivity (Wildman–Crippen MR) is 115 cm³/mol. The van der Waals surface area contributed by atoms with Gasteiger partial charge in [-0.2, -0.15) is 0 Å². The number of benzene rings is 1. The van der Waals surface area contributed by atoms with E-state index in [0.29, 0.717) is 11.6 Å². The fourth-order valence-corrected chi connectivity index (χ4v) is 7.60. The Morgan fingerprint density at radius 1 is 1.19 bits per heavy atom. The van der Waals surface area contributed by atoms with Crippen LogP contribution < -0.4 is 4.90 Å². The van der Waals surface area contributed by atoms with E-state index in [0.717, 1.165) is 39.1 Å². The molecular formula is C25H33FN2O3. The van der Waals surface area contributed by atoms with E-state index in [1.165, 1.54) is 25.3 Å². The zero-order chi connectivity index (χ0) is 21.4. The summed E-state index contributed by atoms with van der Waals surface area (Å²) in [5.74, 6) is 0.435. The minimum atomic E-state index is -0.166. The van der Waals surface area contributed by atoms with Crippen molar-refractivity contribution in [3.05, 3.63) is 30.1 Å². The summed E-state index contributed by atoms with van der Waals surface area (Å²) in [5, 5.41) is 0. The Balaban J connectivity index is 1.15. The summed E-state index contributed by atoms with van der Waals surface area (Å²) in [7, 11) is 0. The second-order valence-electron chi connectivity index (χ2n) is 10.8. The van der Waals surface area contributed by atoms with Gasteiger partial charge in [0.15, 0.2) is 0 Å². The Bertz CT molecular complexity index is 887. The molecule has 31 heavy (non-hydrogen) atoms. The van der Waals surface area contributed by atoms with E-state index in [9.17, 15) is 9.18 Å². The average molecular weight is 429 g/mol. The van der Waals surface area contributed by atoms with Crippen LogP contribution >= 0.6 is 0 Å². The predicted octanol–water partition coefficient (Wildman–Crippen LogP) is 3.47. The van der Waals surface area contributed by atoms with Crippen LogP contribution in [0.4, 0.5) is 10.1 Å². The van der Waals surface area contributed by atoms with Gasteiger partial charge in [-0.25, -0.2) is 4.39 Å². The lowest BCUT2D eigenvalue weighted by molar-refractivity contribution is -0.146. The van der Waals surface area contributed by atoms with E-state index in [4.69, 9.17) is 9.47 Å². The number of halogens is 1. The van der Waals surface area contributed by atoms with Gasteiger partial charge in [-0.05, 0) is 37.3 Å². The molecule has 3 saturated heterocycles. The monoisotopic (exact) mass is 428 g/mol. The highest BCUT2D eigenvalue weighted by molar-refractivity contribution is 5.76. The van der Waals surface area contributed by atoms with E-state index in [-0.39, 0.29) is 46.8 Å². The highest BCUT2D eigenvalue weighted by Gasteiger charge is 2.78. The lowest BCUT2D eigenvalue weighted by Gasteiger charge is -2.49. The fraction of sp³-hybridized carbons (Fsp3) is 0.720. The molecule has 6 rings (SSSR count). The maximum Gasteiger partial charge on any atom is 0.311 e. The number of para-hydroxylation sites is 1. The number of fused-ring (bicyclic) bond motifs is 2. The minimum Gasteiger partial charge on any atom is -0.462 e. The molecule has 0 bridgehead atoms. The second kappa shape index (κ2) is 6.92. The van der Waals surface area contributed by atoms with Gasteiger partial charge < -0.3 is 14.4 Å². The Morgan fingerprint density at radius 3 is 2.74 bits per heavy atom. The number of epoxide rings is 1. The van der Waals surface area contributed by atoms with Crippen molar-refractivity contribution in [2.75, 3.05) is 37.6 Å². The molecule has 5 nitrogen and oxygen atoms in total. The summed E-state index contributed by atoms with van der Waals surface area (Å²) in [5.41, 5.74) is 0.771. The molecule has 2 saturated carbocycles. The van der Waals surface area contributed by atoms with Crippen molar-refractivity contribution in [1.29, 1.82) is 0 Å². The molecule has 1 aromatic carbocycles. The normalized spacial score (nSPS) is 44.3. The highest BCUT2D eigenvalue weighted by atomic mass is 19.1. The molecule has 0 radical (unpaired) electrons. The molecule has 0 N–H and O–H groups in total. The first-order valence-corrected chi connectivity index (χ1v) is 12.0. The average Bonchev–Trinajstić information content (AvgIpc) is 3.44. The number of carbonyl (C=O) groups is 1. The standard InChI is InChI=1S/C25H33FN2O3/c1-16-6-5-9-24(2)14-20-21(22-25(16,24)31-22)17(23(29)30-20)15-27-10-12-28(13-11-27)19-8-4-3-7-18(19)26/h3-4,7-8,16-17,20-22H,5-6,9-15H2,1-2H3/t16-,17-,20+,21+,22-,24+,25-/m0/s1. The van der Waals surface area contributed by atoms with Gasteiger partial charge in [0.25, 0.3) is 0 Å². The summed E-state index contributed by atoms with van der Waals surface area (Å²) in [4.78, 5) is 17.4. The van der Waals surface area contributed by atoms with Gasteiger partial charge >= 0.3 is 5.97 Å². The summed E-state index contributed by atoms with van der Waals surface area (Å²) in [6, 6.07) is 6.98. The van der Waals surface area contributed by atoms with Crippen molar-refractivity contribution in [3.8, 4) is 0 Å². The topological polar surface area (TPSA) is 45.3 Å². The smallest absolute Gasteiger partial charge is 0.311 e. The number of anilines is 1. The van der Waals surface area contributed by atoms with Crippen LogP contribution in [0.25, 0.3) is 0 Å². The largest absolute Gasteiger partial charge is 0.462 e. The summed E-state index contributed by atoms with van der Waals surface area (Å²) in [6.45, 7) is 8.65. The molecule has 5 fully saturated rings. The van der Waals surface area contributed by atoms with Gasteiger partial charge in [0, 0.05) is 44.1 Å². The van der Waals surface area contributed by atoms with Crippen LogP contribution in [0.1, 0.15) is 39.5 Å². The highest BCUT2D eigenvalue weighted by Crippen LogP contribution is 2.70. The summed E-state index contributed by atoms with van der Waals surface area (Å²) < 4.78 is 26.7. The molecule has 0 unspecified atom stereocenters. The van der Waals surface area contributed by atoms with Gasteiger partial charge in [0.05, 0.1) is 17.7 Å². The van der Waals surface area contributed by atoms with Crippen molar-refractivity contribution in [1.82, 2.24) is 4.90 Å². The van der Waals surface area contributed by atoms with Crippen molar-refractivity contribution in [3.63, 3.8) is 0 Å². The molecule has 3 aliphatic heterocycles. The van der Waals surface area contributed by atoms with E-state index in [1.54, 1.807) is 6.07 Å². The zero-order valence-corrected chi connectivity index (χ0v) is 18.6. The van der Waals surface area contributed by atoms with E-state index in [1.807, 2.05) is 12.1 Å². The van der Waals surface area contributed by atoms with E-state index < -0.39 is 0 Å². The van der Waals surface area contributed by atoms with Crippen LogP contribution in [0.15, 0.2) is 24.3 Å². The van der Waals surface area contributed by atoms with Crippen LogP contribution in [-0.2, 0) is 14.3 Å².